The Labute approximate surface area is 99.2 Å². The molecule has 0 spiro atoms. The molecule has 1 aromatic carbocycles. The van der Waals surface area contributed by atoms with Gasteiger partial charge in [0.25, 0.3) is 0 Å². The summed E-state index contributed by atoms with van der Waals surface area (Å²) in [4.78, 5) is 8.25. The van der Waals surface area contributed by atoms with Crippen LogP contribution in [0.1, 0.15) is 5.56 Å². The average molecular weight is 228 g/mol. The van der Waals surface area contributed by atoms with E-state index in [1.54, 1.807) is 49.9 Å². The minimum Gasteiger partial charge on any atom is -0.507 e. The second kappa shape index (κ2) is 5.12. The van der Waals surface area contributed by atoms with Crippen LogP contribution in [-0.4, -0.2) is 23.4 Å². The number of hydrogen-bond acceptors (Lipinski definition) is 4. The summed E-state index contributed by atoms with van der Waals surface area (Å²) in [5.41, 5.74) is 0.658. The first-order valence-corrected chi connectivity index (χ1v) is 5.11. The van der Waals surface area contributed by atoms with Gasteiger partial charge in [-0.15, -0.1) is 0 Å². The molecular weight excluding hydrogens is 216 g/mol. The molecule has 1 N–H and O–H groups in total. The van der Waals surface area contributed by atoms with E-state index in [0.717, 1.165) is 0 Å². The SMILES string of the molecule is COc1ccc(N=Cc2ccccc2O)nc1. The molecule has 1 heterocycles. The highest BCUT2D eigenvalue weighted by atomic mass is 16.5. The summed E-state index contributed by atoms with van der Waals surface area (Å²) in [5, 5.41) is 9.54. The van der Waals surface area contributed by atoms with Crippen LogP contribution in [-0.2, 0) is 0 Å². The number of aliphatic imine (C=N–C) groups is 1. The molecule has 4 heteroatoms. The van der Waals surface area contributed by atoms with Crippen LogP contribution in [0.4, 0.5) is 5.82 Å². The first kappa shape index (κ1) is 11.1. The number of benzene rings is 1. The molecule has 0 aliphatic rings. The summed E-state index contributed by atoms with van der Waals surface area (Å²) in [5.74, 6) is 1.45. The fourth-order valence-corrected chi connectivity index (χ4v) is 1.30. The molecule has 4 nitrogen and oxygen atoms in total. The lowest BCUT2D eigenvalue weighted by Crippen LogP contribution is -1.84. The molecule has 0 fully saturated rings. The molecular formula is C13H12N2O2. The molecule has 0 bridgehead atoms. The van der Waals surface area contributed by atoms with Gasteiger partial charge in [0, 0.05) is 11.8 Å². The van der Waals surface area contributed by atoms with Crippen LogP contribution in [0.25, 0.3) is 0 Å². The Hall–Kier alpha value is -2.36. The maximum Gasteiger partial charge on any atom is 0.152 e. The van der Waals surface area contributed by atoms with Crippen LogP contribution in [0.5, 0.6) is 11.5 Å². The van der Waals surface area contributed by atoms with Gasteiger partial charge in [0.05, 0.1) is 13.3 Å². The number of pyridine rings is 1. The fraction of sp³-hybridized carbons (Fsp3) is 0.0769. The molecule has 0 aliphatic heterocycles. The number of ether oxygens (including phenoxy) is 1. The van der Waals surface area contributed by atoms with Gasteiger partial charge in [0.1, 0.15) is 11.5 Å². The largest absolute Gasteiger partial charge is 0.507 e. The summed E-state index contributed by atoms with van der Waals surface area (Å²) in [6, 6.07) is 10.5. The Morgan fingerprint density at radius 1 is 1.24 bits per heavy atom. The predicted octanol–water partition coefficient (Wildman–Crippen LogP) is 2.55. The number of hydrogen-bond donors (Lipinski definition) is 1. The van der Waals surface area contributed by atoms with Crippen LogP contribution >= 0.6 is 0 Å². The van der Waals surface area contributed by atoms with E-state index in [1.165, 1.54) is 0 Å². The molecule has 2 aromatic rings. The van der Waals surface area contributed by atoms with Gasteiger partial charge >= 0.3 is 0 Å². The van der Waals surface area contributed by atoms with Crippen molar-refractivity contribution in [1.82, 2.24) is 4.98 Å². The summed E-state index contributed by atoms with van der Waals surface area (Å²) in [7, 11) is 1.59. The lowest BCUT2D eigenvalue weighted by Gasteiger charge is -1.99. The Morgan fingerprint density at radius 3 is 2.71 bits per heavy atom. The third-order valence-electron chi connectivity index (χ3n) is 2.23. The van der Waals surface area contributed by atoms with E-state index in [9.17, 15) is 5.11 Å². The molecule has 2 rings (SSSR count). The number of aromatic hydroxyl groups is 1. The molecule has 17 heavy (non-hydrogen) atoms. The number of aromatic nitrogens is 1. The van der Waals surface area contributed by atoms with E-state index in [-0.39, 0.29) is 5.75 Å². The maximum atomic E-state index is 9.54. The number of nitrogens with zero attached hydrogens (tertiary/aromatic N) is 2. The summed E-state index contributed by atoms with van der Waals surface area (Å²) < 4.78 is 5.00. The van der Waals surface area contributed by atoms with Gasteiger partial charge in [-0.2, -0.15) is 0 Å². The quantitative estimate of drug-likeness (QED) is 0.821. The topological polar surface area (TPSA) is 54.7 Å². The van der Waals surface area contributed by atoms with Crippen molar-refractivity contribution in [2.75, 3.05) is 7.11 Å². The highest BCUT2D eigenvalue weighted by molar-refractivity contribution is 5.84. The second-order valence-corrected chi connectivity index (χ2v) is 3.37. The van der Waals surface area contributed by atoms with Crippen molar-refractivity contribution in [3.8, 4) is 11.5 Å². The second-order valence-electron chi connectivity index (χ2n) is 3.37. The molecule has 0 radical (unpaired) electrons. The monoisotopic (exact) mass is 228 g/mol. The summed E-state index contributed by atoms with van der Waals surface area (Å²) in [6.07, 6.45) is 3.17. The molecule has 0 saturated carbocycles. The van der Waals surface area contributed by atoms with Gasteiger partial charge in [-0.1, -0.05) is 12.1 Å². The first-order chi connectivity index (χ1) is 8.29. The number of phenolic OH excluding ortho intramolecular Hbond substituents is 1. The van der Waals surface area contributed by atoms with Crippen LogP contribution in [0.15, 0.2) is 47.6 Å². The van der Waals surface area contributed by atoms with Gasteiger partial charge in [-0.25, -0.2) is 9.98 Å². The predicted molar refractivity (Wildman–Crippen MR) is 66.1 cm³/mol. The van der Waals surface area contributed by atoms with E-state index in [4.69, 9.17) is 4.74 Å². The van der Waals surface area contributed by atoms with E-state index in [1.807, 2.05) is 6.07 Å². The average Bonchev–Trinajstić information content (AvgIpc) is 2.38. The van der Waals surface area contributed by atoms with Crippen molar-refractivity contribution in [3.63, 3.8) is 0 Å². The van der Waals surface area contributed by atoms with Crippen LogP contribution in [0.2, 0.25) is 0 Å². The van der Waals surface area contributed by atoms with Crippen molar-refractivity contribution in [2.24, 2.45) is 4.99 Å². The lowest BCUT2D eigenvalue weighted by molar-refractivity contribution is 0.413. The van der Waals surface area contributed by atoms with Gasteiger partial charge in [0.2, 0.25) is 0 Å². The van der Waals surface area contributed by atoms with Gasteiger partial charge in [0.15, 0.2) is 5.82 Å². The third-order valence-corrected chi connectivity index (χ3v) is 2.23. The molecule has 86 valence electrons. The zero-order valence-electron chi connectivity index (χ0n) is 9.37. The molecule has 0 saturated heterocycles. The zero-order valence-corrected chi connectivity index (χ0v) is 9.37. The highest BCUT2D eigenvalue weighted by Crippen LogP contribution is 2.16. The highest BCUT2D eigenvalue weighted by Gasteiger charge is 1.96. The molecule has 0 unspecified atom stereocenters. The Bertz CT molecular complexity index is 521. The normalized spacial score (nSPS) is 10.6. The smallest absolute Gasteiger partial charge is 0.152 e. The number of methoxy groups -OCH3 is 1. The number of para-hydroxylation sites is 1. The van der Waals surface area contributed by atoms with E-state index in [2.05, 4.69) is 9.98 Å². The Balaban J connectivity index is 2.17. The van der Waals surface area contributed by atoms with Crippen LogP contribution in [0.3, 0.4) is 0 Å². The molecule has 0 atom stereocenters. The van der Waals surface area contributed by atoms with Crippen molar-refractivity contribution in [1.29, 1.82) is 0 Å². The molecule has 0 aliphatic carbocycles. The van der Waals surface area contributed by atoms with Gasteiger partial charge < -0.3 is 9.84 Å². The summed E-state index contributed by atoms with van der Waals surface area (Å²) >= 11 is 0. The van der Waals surface area contributed by atoms with E-state index in [0.29, 0.717) is 17.1 Å². The lowest BCUT2D eigenvalue weighted by atomic mass is 10.2. The van der Waals surface area contributed by atoms with Gasteiger partial charge in [-0.05, 0) is 24.3 Å². The third kappa shape index (κ3) is 2.81. The van der Waals surface area contributed by atoms with E-state index < -0.39 is 0 Å². The summed E-state index contributed by atoms with van der Waals surface area (Å²) in [6.45, 7) is 0. The first-order valence-electron chi connectivity index (χ1n) is 5.11. The van der Waals surface area contributed by atoms with Crippen LogP contribution < -0.4 is 4.74 Å². The van der Waals surface area contributed by atoms with Gasteiger partial charge in [-0.3, -0.25) is 0 Å². The van der Waals surface area contributed by atoms with E-state index >= 15 is 0 Å². The zero-order chi connectivity index (χ0) is 12.1. The van der Waals surface area contributed by atoms with Crippen LogP contribution in [0, 0.1) is 0 Å². The molecule has 0 amide bonds. The van der Waals surface area contributed by atoms with Crippen molar-refractivity contribution in [3.05, 3.63) is 48.2 Å². The number of phenols is 1. The van der Waals surface area contributed by atoms with Crippen molar-refractivity contribution >= 4 is 12.0 Å². The maximum absolute atomic E-state index is 9.54. The van der Waals surface area contributed by atoms with Crippen molar-refractivity contribution in [2.45, 2.75) is 0 Å². The van der Waals surface area contributed by atoms with Crippen molar-refractivity contribution < 1.29 is 9.84 Å². The Kier molecular flexibility index (Phi) is 3.35. The number of rotatable bonds is 3. The minimum atomic E-state index is 0.199. The standard InChI is InChI=1S/C13H12N2O2/c1-17-11-6-7-13(15-9-11)14-8-10-4-2-3-5-12(10)16/h2-9,16H,1H3. The minimum absolute atomic E-state index is 0.199. The fourth-order valence-electron chi connectivity index (χ4n) is 1.30. The molecule has 1 aromatic heterocycles. The Morgan fingerprint density at radius 2 is 2.06 bits per heavy atom.